The first-order valence-electron chi connectivity index (χ1n) is 5.16. The highest BCUT2D eigenvalue weighted by Crippen LogP contribution is 2.32. The highest BCUT2D eigenvalue weighted by molar-refractivity contribution is 6.43. The summed E-state index contributed by atoms with van der Waals surface area (Å²) < 4.78 is 0. The van der Waals surface area contributed by atoms with E-state index in [-0.39, 0.29) is 5.56 Å². The molecule has 0 fully saturated rings. The van der Waals surface area contributed by atoms with E-state index in [1.54, 1.807) is 31.2 Å². The molecule has 0 atom stereocenters. The number of pyridine rings is 1. The molecule has 0 radical (unpaired) electrons. The van der Waals surface area contributed by atoms with Crippen molar-refractivity contribution in [3.8, 4) is 11.3 Å². The van der Waals surface area contributed by atoms with Crippen LogP contribution in [0.4, 0.5) is 0 Å². The number of aromatic carboxylic acids is 1. The number of carboxylic acids is 1. The lowest BCUT2D eigenvalue weighted by Crippen LogP contribution is -2.02. The van der Waals surface area contributed by atoms with Crippen molar-refractivity contribution in [2.45, 2.75) is 6.92 Å². The number of carbonyl (C=O) groups is 1. The van der Waals surface area contributed by atoms with Crippen LogP contribution in [0.3, 0.4) is 0 Å². The predicted molar refractivity (Wildman–Crippen MR) is 71.4 cm³/mol. The third-order valence-corrected chi connectivity index (χ3v) is 3.36. The standard InChI is InChI=1S/C13H9Cl2NO2/c1-7-8(13(17)18)5-6-11(16-7)9-3-2-4-10(14)12(9)15/h2-6H,1H3,(H,17,18). The van der Waals surface area contributed by atoms with Crippen LogP contribution >= 0.6 is 23.2 Å². The summed E-state index contributed by atoms with van der Waals surface area (Å²) in [7, 11) is 0. The van der Waals surface area contributed by atoms with E-state index in [0.29, 0.717) is 27.0 Å². The number of aryl methyl sites for hydroxylation is 1. The molecule has 1 N–H and O–H groups in total. The van der Waals surface area contributed by atoms with Gasteiger partial charge in [-0.05, 0) is 25.1 Å². The minimum atomic E-state index is -0.997. The summed E-state index contributed by atoms with van der Waals surface area (Å²) in [6.45, 7) is 1.64. The molecule has 1 aromatic heterocycles. The summed E-state index contributed by atoms with van der Waals surface area (Å²) in [5.74, 6) is -0.997. The van der Waals surface area contributed by atoms with Crippen molar-refractivity contribution in [1.29, 1.82) is 0 Å². The molecular weight excluding hydrogens is 273 g/mol. The molecule has 92 valence electrons. The smallest absolute Gasteiger partial charge is 0.337 e. The number of aromatic nitrogens is 1. The summed E-state index contributed by atoms with van der Waals surface area (Å²) >= 11 is 12.0. The molecule has 0 unspecified atom stereocenters. The van der Waals surface area contributed by atoms with Crippen molar-refractivity contribution in [3.63, 3.8) is 0 Å². The first-order chi connectivity index (χ1) is 8.50. The SMILES string of the molecule is Cc1nc(-c2cccc(Cl)c2Cl)ccc1C(=O)O. The monoisotopic (exact) mass is 281 g/mol. The second-order valence-electron chi connectivity index (χ2n) is 3.74. The van der Waals surface area contributed by atoms with Crippen molar-refractivity contribution in [3.05, 3.63) is 51.6 Å². The van der Waals surface area contributed by atoms with E-state index in [4.69, 9.17) is 28.3 Å². The first-order valence-corrected chi connectivity index (χ1v) is 5.91. The third kappa shape index (κ3) is 2.33. The number of carboxylic acid groups (broad SMARTS) is 1. The summed E-state index contributed by atoms with van der Waals surface area (Å²) in [6, 6.07) is 8.37. The lowest BCUT2D eigenvalue weighted by Gasteiger charge is -2.07. The zero-order valence-corrected chi connectivity index (χ0v) is 11.0. The maximum absolute atomic E-state index is 10.9. The molecule has 0 bridgehead atoms. The van der Waals surface area contributed by atoms with Gasteiger partial charge in [-0.3, -0.25) is 4.98 Å². The Morgan fingerprint density at radius 2 is 1.94 bits per heavy atom. The number of rotatable bonds is 2. The zero-order valence-electron chi connectivity index (χ0n) is 9.45. The Morgan fingerprint density at radius 3 is 2.56 bits per heavy atom. The minimum absolute atomic E-state index is 0.178. The van der Waals surface area contributed by atoms with Crippen LogP contribution in [0.1, 0.15) is 16.1 Å². The average molecular weight is 282 g/mol. The predicted octanol–water partition coefficient (Wildman–Crippen LogP) is 4.06. The van der Waals surface area contributed by atoms with Crippen LogP contribution in [0.5, 0.6) is 0 Å². The molecule has 0 amide bonds. The molecule has 0 aliphatic carbocycles. The van der Waals surface area contributed by atoms with E-state index in [9.17, 15) is 4.79 Å². The van der Waals surface area contributed by atoms with Gasteiger partial charge in [-0.1, -0.05) is 35.3 Å². The number of hydrogen-bond acceptors (Lipinski definition) is 2. The maximum Gasteiger partial charge on any atom is 0.337 e. The van der Waals surface area contributed by atoms with Crippen LogP contribution in [-0.4, -0.2) is 16.1 Å². The number of halogens is 2. The van der Waals surface area contributed by atoms with Crippen molar-refractivity contribution in [1.82, 2.24) is 4.98 Å². The average Bonchev–Trinajstić information content (AvgIpc) is 2.32. The Balaban J connectivity index is 2.56. The van der Waals surface area contributed by atoms with Gasteiger partial charge < -0.3 is 5.11 Å². The van der Waals surface area contributed by atoms with Gasteiger partial charge >= 0.3 is 5.97 Å². The van der Waals surface area contributed by atoms with E-state index in [1.165, 1.54) is 6.07 Å². The van der Waals surface area contributed by atoms with Gasteiger partial charge in [0.1, 0.15) is 0 Å². The van der Waals surface area contributed by atoms with E-state index in [0.717, 1.165) is 0 Å². The van der Waals surface area contributed by atoms with Crippen LogP contribution < -0.4 is 0 Å². The molecule has 1 heterocycles. The van der Waals surface area contributed by atoms with Gasteiger partial charge in [0.2, 0.25) is 0 Å². The Kier molecular flexibility index (Phi) is 3.55. The fraction of sp³-hybridized carbons (Fsp3) is 0.0769. The quantitative estimate of drug-likeness (QED) is 0.903. The van der Waals surface area contributed by atoms with E-state index < -0.39 is 5.97 Å². The van der Waals surface area contributed by atoms with E-state index in [1.807, 2.05) is 0 Å². The molecule has 0 spiro atoms. The van der Waals surface area contributed by atoms with Gasteiger partial charge in [-0.25, -0.2) is 4.79 Å². The molecular formula is C13H9Cl2NO2. The molecule has 0 saturated carbocycles. The van der Waals surface area contributed by atoms with E-state index in [2.05, 4.69) is 4.98 Å². The van der Waals surface area contributed by atoms with Crippen LogP contribution in [0.2, 0.25) is 10.0 Å². The fourth-order valence-corrected chi connectivity index (χ4v) is 2.04. The summed E-state index contributed by atoms with van der Waals surface area (Å²) in [6.07, 6.45) is 0. The lowest BCUT2D eigenvalue weighted by molar-refractivity contribution is 0.0695. The lowest BCUT2D eigenvalue weighted by atomic mass is 10.1. The summed E-state index contributed by atoms with van der Waals surface area (Å²) in [5.41, 5.74) is 1.90. The van der Waals surface area contributed by atoms with E-state index >= 15 is 0 Å². The van der Waals surface area contributed by atoms with Crippen LogP contribution in [0.15, 0.2) is 30.3 Å². The van der Waals surface area contributed by atoms with Crippen LogP contribution in [-0.2, 0) is 0 Å². The molecule has 0 aliphatic rings. The minimum Gasteiger partial charge on any atom is -0.478 e. The van der Waals surface area contributed by atoms with Crippen LogP contribution in [0.25, 0.3) is 11.3 Å². The molecule has 5 heteroatoms. The number of hydrogen-bond donors (Lipinski definition) is 1. The van der Waals surface area contributed by atoms with Gasteiger partial charge in [0.25, 0.3) is 0 Å². The molecule has 0 saturated heterocycles. The summed E-state index contributed by atoms with van der Waals surface area (Å²) in [5, 5.41) is 9.79. The van der Waals surface area contributed by atoms with Gasteiger partial charge in [-0.2, -0.15) is 0 Å². The Labute approximate surface area is 114 Å². The molecule has 2 aromatic rings. The first kappa shape index (κ1) is 12.9. The Bertz CT molecular complexity index is 626. The summed E-state index contributed by atoms with van der Waals surface area (Å²) in [4.78, 5) is 15.1. The van der Waals surface area contributed by atoms with Crippen molar-refractivity contribution < 1.29 is 9.90 Å². The van der Waals surface area contributed by atoms with Crippen molar-refractivity contribution in [2.75, 3.05) is 0 Å². The van der Waals surface area contributed by atoms with Crippen molar-refractivity contribution >= 4 is 29.2 Å². The molecule has 2 rings (SSSR count). The fourth-order valence-electron chi connectivity index (χ4n) is 1.64. The van der Waals surface area contributed by atoms with Gasteiger partial charge in [0.15, 0.2) is 0 Å². The van der Waals surface area contributed by atoms with Crippen LogP contribution in [0, 0.1) is 6.92 Å². The third-order valence-electron chi connectivity index (χ3n) is 2.54. The normalized spacial score (nSPS) is 10.4. The highest BCUT2D eigenvalue weighted by atomic mass is 35.5. The highest BCUT2D eigenvalue weighted by Gasteiger charge is 2.12. The number of benzene rings is 1. The number of nitrogens with zero attached hydrogens (tertiary/aromatic N) is 1. The largest absolute Gasteiger partial charge is 0.478 e. The molecule has 3 nitrogen and oxygen atoms in total. The second kappa shape index (κ2) is 4.96. The Morgan fingerprint density at radius 1 is 1.22 bits per heavy atom. The molecule has 0 aliphatic heterocycles. The van der Waals surface area contributed by atoms with Gasteiger partial charge in [-0.15, -0.1) is 0 Å². The van der Waals surface area contributed by atoms with Gasteiger partial charge in [0.05, 0.1) is 27.0 Å². The molecule has 1 aromatic carbocycles. The maximum atomic E-state index is 10.9. The topological polar surface area (TPSA) is 50.2 Å². The molecule has 18 heavy (non-hydrogen) atoms. The second-order valence-corrected chi connectivity index (χ2v) is 4.52. The Hall–Kier alpha value is -1.58. The van der Waals surface area contributed by atoms with Crippen molar-refractivity contribution in [2.24, 2.45) is 0 Å². The van der Waals surface area contributed by atoms with Gasteiger partial charge in [0, 0.05) is 5.56 Å². The zero-order chi connectivity index (χ0) is 13.3.